The van der Waals surface area contributed by atoms with Crippen molar-refractivity contribution in [2.45, 2.75) is 39.2 Å². The number of guanidine groups is 1. The Morgan fingerprint density at radius 3 is 2.70 bits per heavy atom. The van der Waals surface area contributed by atoms with Crippen molar-refractivity contribution in [1.29, 1.82) is 0 Å². The number of aliphatic imine (C=N–C) groups is 1. The topological polar surface area (TPSA) is 47.9 Å². The van der Waals surface area contributed by atoms with Gasteiger partial charge in [0.05, 0.1) is 6.54 Å². The summed E-state index contributed by atoms with van der Waals surface area (Å²) in [5, 5.41) is 5.49. The Balaban J connectivity index is 0.00000320. The summed E-state index contributed by atoms with van der Waals surface area (Å²) in [6.45, 7) is 6.14. The molecular weight excluding hydrogens is 507 g/mol. The van der Waals surface area contributed by atoms with Crippen molar-refractivity contribution in [1.82, 2.24) is 15.1 Å². The predicted octanol–water partition coefficient (Wildman–Crippen LogP) is 4.63. The van der Waals surface area contributed by atoms with Gasteiger partial charge in [0.25, 0.3) is 5.91 Å². The first-order valence-corrected chi connectivity index (χ1v) is 11.5. The molecule has 7 heteroatoms. The maximum atomic E-state index is 12.8. The highest BCUT2D eigenvalue weighted by molar-refractivity contribution is 14.0. The van der Waals surface area contributed by atoms with Gasteiger partial charge in [0, 0.05) is 43.7 Å². The molecule has 0 bridgehead atoms. The van der Waals surface area contributed by atoms with Crippen molar-refractivity contribution in [2.24, 2.45) is 4.99 Å². The Morgan fingerprint density at radius 2 is 2.00 bits per heavy atom. The second-order valence-electron chi connectivity index (χ2n) is 7.47. The van der Waals surface area contributed by atoms with E-state index in [9.17, 15) is 4.79 Å². The molecule has 30 heavy (non-hydrogen) atoms. The van der Waals surface area contributed by atoms with Gasteiger partial charge in [0.15, 0.2) is 5.96 Å². The van der Waals surface area contributed by atoms with Crippen LogP contribution in [-0.4, -0.2) is 54.9 Å². The van der Waals surface area contributed by atoms with E-state index in [1.54, 1.807) is 11.3 Å². The lowest BCUT2D eigenvalue weighted by Gasteiger charge is -2.26. The van der Waals surface area contributed by atoms with Crippen molar-refractivity contribution in [3.63, 3.8) is 0 Å². The van der Waals surface area contributed by atoms with Gasteiger partial charge in [-0.15, -0.1) is 35.3 Å². The van der Waals surface area contributed by atoms with Gasteiger partial charge in [-0.1, -0.05) is 18.2 Å². The highest BCUT2D eigenvalue weighted by Crippen LogP contribution is 2.15. The lowest BCUT2D eigenvalue weighted by atomic mass is 10.1. The number of hydrogen-bond acceptors (Lipinski definition) is 3. The number of halogens is 1. The van der Waals surface area contributed by atoms with Gasteiger partial charge in [0.2, 0.25) is 0 Å². The molecule has 1 amide bonds. The van der Waals surface area contributed by atoms with E-state index in [1.807, 2.05) is 29.2 Å². The molecule has 0 radical (unpaired) electrons. The second-order valence-corrected chi connectivity index (χ2v) is 8.51. The van der Waals surface area contributed by atoms with Crippen LogP contribution in [-0.2, 0) is 13.0 Å². The standard InChI is InChI=1S/C23H32N4OS.HI/c1-3-24-23(26(2)15-12-21-11-8-16-29-21)25-18-19-9-7-10-20(17-19)22(28)27-13-5-4-6-14-27;/h7-11,16-17H,3-6,12-15,18H2,1-2H3,(H,24,25);1H. The number of rotatable bonds is 7. The monoisotopic (exact) mass is 540 g/mol. The molecule has 2 aromatic rings. The zero-order chi connectivity index (χ0) is 20.5. The Morgan fingerprint density at radius 1 is 1.20 bits per heavy atom. The van der Waals surface area contributed by atoms with E-state index in [-0.39, 0.29) is 29.9 Å². The zero-order valence-corrected chi connectivity index (χ0v) is 21.1. The fraction of sp³-hybridized carbons (Fsp3) is 0.478. The maximum absolute atomic E-state index is 12.8. The van der Waals surface area contributed by atoms with E-state index in [1.165, 1.54) is 11.3 Å². The number of likely N-dealkylation sites (tertiary alicyclic amines) is 1. The van der Waals surface area contributed by atoms with E-state index in [0.29, 0.717) is 6.54 Å². The minimum absolute atomic E-state index is 0. The summed E-state index contributed by atoms with van der Waals surface area (Å²) >= 11 is 1.79. The first kappa shape index (κ1) is 24.7. The Kier molecular flexibility index (Phi) is 10.6. The minimum Gasteiger partial charge on any atom is -0.357 e. The fourth-order valence-corrected chi connectivity index (χ4v) is 4.25. The first-order chi connectivity index (χ1) is 14.2. The van der Waals surface area contributed by atoms with Crippen molar-refractivity contribution in [2.75, 3.05) is 33.2 Å². The van der Waals surface area contributed by atoms with Crippen LogP contribution in [0.2, 0.25) is 0 Å². The van der Waals surface area contributed by atoms with Crippen LogP contribution in [0.1, 0.15) is 47.0 Å². The average molecular weight is 541 g/mol. The quantitative estimate of drug-likeness (QED) is 0.317. The maximum Gasteiger partial charge on any atom is 0.253 e. The summed E-state index contributed by atoms with van der Waals surface area (Å²) < 4.78 is 0. The molecule has 0 atom stereocenters. The van der Waals surface area contributed by atoms with E-state index < -0.39 is 0 Å². The number of nitrogens with one attached hydrogen (secondary N) is 1. The van der Waals surface area contributed by atoms with E-state index >= 15 is 0 Å². The average Bonchev–Trinajstić information content (AvgIpc) is 3.29. The lowest BCUT2D eigenvalue weighted by Crippen LogP contribution is -2.39. The molecule has 2 heterocycles. The third-order valence-electron chi connectivity index (χ3n) is 5.20. The van der Waals surface area contributed by atoms with E-state index in [2.05, 4.69) is 41.7 Å². The van der Waals surface area contributed by atoms with Crippen LogP contribution >= 0.6 is 35.3 Å². The molecule has 1 aliphatic rings. The van der Waals surface area contributed by atoms with Gasteiger partial charge in [-0.05, 0) is 61.7 Å². The van der Waals surface area contributed by atoms with Gasteiger partial charge >= 0.3 is 0 Å². The van der Waals surface area contributed by atoms with Crippen molar-refractivity contribution < 1.29 is 4.79 Å². The number of hydrogen-bond donors (Lipinski definition) is 1. The number of nitrogens with zero attached hydrogens (tertiary/aromatic N) is 3. The van der Waals surface area contributed by atoms with Crippen LogP contribution in [0.3, 0.4) is 0 Å². The largest absolute Gasteiger partial charge is 0.357 e. The van der Waals surface area contributed by atoms with Crippen LogP contribution < -0.4 is 5.32 Å². The molecular formula is C23H33IN4OS. The molecule has 1 saturated heterocycles. The predicted molar refractivity (Wildman–Crippen MR) is 137 cm³/mol. The summed E-state index contributed by atoms with van der Waals surface area (Å²) in [6, 6.07) is 12.2. The first-order valence-electron chi connectivity index (χ1n) is 10.6. The summed E-state index contributed by atoms with van der Waals surface area (Å²) in [5.74, 6) is 1.05. The second kappa shape index (κ2) is 12.9. The van der Waals surface area contributed by atoms with Gasteiger partial charge < -0.3 is 15.1 Å². The van der Waals surface area contributed by atoms with Gasteiger partial charge in [-0.2, -0.15) is 0 Å². The molecule has 3 rings (SSSR count). The number of thiophene rings is 1. The molecule has 5 nitrogen and oxygen atoms in total. The van der Waals surface area contributed by atoms with Crippen molar-refractivity contribution >= 4 is 47.2 Å². The summed E-state index contributed by atoms with van der Waals surface area (Å²) in [4.78, 5) is 23.1. The van der Waals surface area contributed by atoms with Crippen LogP contribution in [0, 0.1) is 0 Å². The van der Waals surface area contributed by atoms with Crippen LogP contribution in [0.5, 0.6) is 0 Å². The molecule has 0 aliphatic carbocycles. The summed E-state index contributed by atoms with van der Waals surface area (Å²) in [6.07, 6.45) is 4.46. The van der Waals surface area contributed by atoms with Crippen LogP contribution in [0.4, 0.5) is 0 Å². The van der Waals surface area contributed by atoms with Gasteiger partial charge in [-0.3, -0.25) is 4.79 Å². The molecule has 0 spiro atoms. The smallest absolute Gasteiger partial charge is 0.253 e. The molecule has 1 fully saturated rings. The fourth-order valence-electron chi connectivity index (χ4n) is 3.56. The normalized spacial score (nSPS) is 14.2. The third-order valence-corrected chi connectivity index (χ3v) is 6.13. The molecule has 0 unspecified atom stereocenters. The third kappa shape index (κ3) is 7.27. The van der Waals surface area contributed by atoms with E-state index in [0.717, 1.165) is 62.5 Å². The molecule has 164 valence electrons. The summed E-state index contributed by atoms with van der Waals surface area (Å²) in [5.41, 5.74) is 1.84. The van der Waals surface area contributed by atoms with E-state index in [4.69, 9.17) is 4.99 Å². The molecule has 0 saturated carbocycles. The van der Waals surface area contributed by atoms with Crippen LogP contribution in [0.15, 0.2) is 46.8 Å². The number of carbonyl (C=O) groups excluding carboxylic acids is 1. The number of amides is 1. The molecule has 1 aromatic carbocycles. The highest BCUT2D eigenvalue weighted by atomic mass is 127. The summed E-state index contributed by atoms with van der Waals surface area (Å²) in [7, 11) is 2.07. The molecule has 1 aromatic heterocycles. The number of piperidine rings is 1. The lowest BCUT2D eigenvalue weighted by molar-refractivity contribution is 0.0724. The highest BCUT2D eigenvalue weighted by Gasteiger charge is 2.18. The number of benzene rings is 1. The molecule has 1 N–H and O–H groups in total. The Bertz CT molecular complexity index is 803. The van der Waals surface area contributed by atoms with Crippen LogP contribution in [0.25, 0.3) is 0 Å². The van der Waals surface area contributed by atoms with Crippen molar-refractivity contribution in [3.05, 3.63) is 57.8 Å². The molecule has 1 aliphatic heterocycles. The zero-order valence-electron chi connectivity index (χ0n) is 18.0. The van der Waals surface area contributed by atoms with Crippen molar-refractivity contribution in [3.8, 4) is 0 Å². The SMILES string of the molecule is CCNC(=NCc1cccc(C(=O)N2CCCCC2)c1)N(C)CCc1cccs1.I. The van der Waals surface area contributed by atoms with Gasteiger partial charge in [-0.25, -0.2) is 4.99 Å². The Hall–Kier alpha value is -1.61. The minimum atomic E-state index is 0. The number of carbonyl (C=O) groups is 1. The Labute approximate surface area is 201 Å². The van der Waals surface area contributed by atoms with Gasteiger partial charge in [0.1, 0.15) is 0 Å². The number of likely N-dealkylation sites (N-methyl/N-ethyl adjacent to an activating group) is 1.